The Morgan fingerprint density at radius 3 is 2.71 bits per heavy atom. The Bertz CT molecular complexity index is 468. The molecule has 2 aliphatic carbocycles. The van der Waals surface area contributed by atoms with Gasteiger partial charge in [-0.2, -0.15) is 4.80 Å². The molecule has 0 radical (unpaired) electrons. The zero-order valence-electron chi connectivity index (χ0n) is 13.5. The highest BCUT2D eigenvalue weighted by molar-refractivity contribution is 5.09. The highest BCUT2D eigenvalue weighted by atomic mass is 16.5. The van der Waals surface area contributed by atoms with Crippen LogP contribution in [0.15, 0.2) is 0 Å². The Morgan fingerprint density at radius 2 is 2.10 bits per heavy atom. The minimum Gasteiger partial charge on any atom is -0.378 e. The molecular formula is C15H27N5O. The van der Waals surface area contributed by atoms with Crippen LogP contribution in [-0.4, -0.2) is 50.9 Å². The molecule has 2 saturated carbocycles. The average Bonchev–Trinajstić information content (AvgIpc) is 2.89. The molecule has 0 saturated heterocycles. The second kappa shape index (κ2) is 6.01. The fourth-order valence-corrected chi connectivity index (χ4v) is 4.37. The van der Waals surface area contributed by atoms with Gasteiger partial charge in [0, 0.05) is 18.1 Å². The SMILES string of the molecule is CCOC1CC(N(C)Cc2nnn(C)n2)C12CCCCC2. The fraction of sp³-hybridized carbons (Fsp3) is 0.933. The first kappa shape index (κ1) is 14.9. The first-order valence-corrected chi connectivity index (χ1v) is 8.20. The van der Waals surface area contributed by atoms with Gasteiger partial charge < -0.3 is 4.74 Å². The first-order valence-electron chi connectivity index (χ1n) is 8.20. The standard InChI is InChI=1S/C15H27N5O/c1-4-21-13-10-12(15(13)8-6-5-7-9-15)19(2)11-14-16-18-20(3)17-14/h12-13H,4-11H2,1-3H3. The first-order chi connectivity index (χ1) is 10.2. The summed E-state index contributed by atoms with van der Waals surface area (Å²) in [5.74, 6) is 0.811. The maximum absolute atomic E-state index is 6.03. The van der Waals surface area contributed by atoms with Crippen molar-refractivity contribution < 1.29 is 4.74 Å². The van der Waals surface area contributed by atoms with E-state index in [0.29, 0.717) is 17.6 Å². The van der Waals surface area contributed by atoms with Crippen molar-refractivity contribution in [2.45, 2.75) is 64.1 Å². The minimum atomic E-state index is 0.366. The van der Waals surface area contributed by atoms with Gasteiger partial charge in [-0.25, -0.2) is 0 Å². The van der Waals surface area contributed by atoms with Crippen LogP contribution in [0.1, 0.15) is 51.3 Å². The molecule has 0 bridgehead atoms. The molecule has 2 unspecified atom stereocenters. The number of ether oxygens (including phenoxy) is 1. The lowest BCUT2D eigenvalue weighted by molar-refractivity contribution is -0.180. The van der Waals surface area contributed by atoms with Gasteiger partial charge in [-0.3, -0.25) is 4.90 Å². The van der Waals surface area contributed by atoms with E-state index in [9.17, 15) is 0 Å². The topological polar surface area (TPSA) is 56.1 Å². The predicted molar refractivity (Wildman–Crippen MR) is 79.6 cm³/mol. The quantitative estimate of drug-likeness (QED) is 0.828. The van der Waals surface area contributed by atoms with E-state index >= 15 is 0 Å². The lowest BCUT2D eigenvalue weighted by Gasteiger charge is -2.60. The van der Waals surface area contributed by atoms with Crippen molar-refractivity contribution in [1.82, 2.24) is 25.1 Å². The van der Waals surface area contributed by atoms with Crippen LogP contribution in [0.25, 0.3) is 0 Å². The monoisotopic (exact) mass is 293 g/mol. The predicted octanol–water partition coefficient (Wildman–Crippen LogP) is 1.77. The van der Waals surface area contributed by atoms with Crippen molar-refractivity contribution in [3.8, 4) is 0 Å². The van der Waals surface area contributed by atoms with E-state index in [2.05, 4.69) is 34.3 Å². The third-order valence-electron chi connectivity index (χ3n) is 5.37. The number of hydrogen-bond acceptors (Lipinski definition) is 5. The van der Waals surface area contributed by atoms with Crippen LogP contribution in [0.2, 0.25) is 0 Å². The van der Waals surface area contributed by atoms with Crippen molar-refractivity contribution >= 4 is 0 Å². The second-order valence-electron chi connectivity index (χ2n) is 6.60. The van der Waals surface area contributed by atoms with Crippen LogP contribution >= 0.6 is 0 Å². The smallest absolute Gasteiger partial charge is 0.188 e. The molecule has 1 aromatic rings. The van der Waals surface area contributed by atoms with Gasteiger partial charge >= 0.3 is 0 Å². The summed E-state index contributed by atoms with van der Waals surface area (Å²) in [5, 5.41) is 12.3. The summed E-state index contributed by atoms with van der Waals surface area (Å²) in [4.78, 5) is 3.95. The number of aryl methyl sites for hydroxylation is 1. The molecule has 0 aromatic carbocycles. The van der Waals surface area contributed by atoms with Crippen LogP contribution in [-0.2, 0) is 18.3 Å². The molecule has 6 nitrogen and oxygen atoms in total. The van der Waals surface area contributed by atoms with E-state index < -0.39 is 0 Å². The van der Waals surface area contributed by atoms with Crippen LogP contribution < -0.4 is 0 Å². The molecule has 21 heavy (non-hydrogen) atoms. The van der Waals surface area contributed by atoms with E-state index in [1.165, 1.54) is 36.9 Å². The van der Waals surface area contributed by atoms with Gasteiger partial charge in [-0.05, 0) is 38.4 Å². The Balaban J connectivity index is 1.68. The van der Waals surface area contributed by atoms with Crippen molar-refractivity contribution in [1.29, 1.82) is 0 Å². The largest absolute Gasteiger partial charge is 0.378 e. The average molecular weight is 293 g/mol. The Hall–Kier alpha value is -1.01. The van der Waals surface area contributed by atoms with E-state index in [0.717, 1.165) is 25.4 Å². The number of nitrogens with zero attached hydrogens (tertiary/aromatic N) is 5. The molecule has 1 heterocycles. The van der Waals surface area contributed by atoms with Crippen molar-refractivity contribution in [2.75, 3.05) is 13.7 Å². The summed E-state index contributed by atoms with van der Waals surface area (Å²) < 4.78 is 6.03. The molecule has 6 heteroatoms. The molecule has 0 amide bonds. The number of hydrogen-bond donors (Lipinski definition) is 0. The molecule has 1 spiro atoms. The van der Waals surface area contributed by atoms with E-state index in [4.69, 9.17) is 4.74 Å². The molecule has 118 valence electrons. The third-order valence-corrected chi connectivity index (χ3v) is 5.37. The van der Waals surface area contributed by atoms with Crippen molar-refractivity contribution in [3.63, 3.8) is 0 Å². The van der Waals surface area contributed by atoms with E-state index in [-0.39, 0.29) is 0 Å². The second-order valence-corrected chi connectivity index (χ2v) is 6.60. The van der Waals surface area contributed by atoms with Gasteiger partial charge in [0.15, 0.2) is 5.82 Å². The van der Waals surface area contributed by atoms with Crippen LogP contribution in [0.4, 0.5) is 0 Å². The Labute approximate surface area is 126 Å². The lowest BCUT2D eigenvalue weighted by atomic mass is 9.54. The molecule has 0 aliphatic heterocycles. The van der Waals surface area contributed by atoms with Gasteiger partial charge in [-0.15, -0.1) is 10.2 Å². The maximum Gasteiger partial charge on any atom is 0.188 e. The highest BCUT2D eigenvalue weighted by Crippen LogP contribution is 2.55. The highest BCUT2D eigenvalue weighted by Gasteiger charge is 2.56. The minimum absolute atomic E-state index is 0.366. The summed E-state index contributed by atoms with van der Waals surface area (Å²) >= 11 is 0. The summed E-state index contributed by atoms with van der Waals surface area (Å²) in [7, 11) is 4.01. The van der Waals surface area contributed by atoms with Gasteiger partial charge in [0.25, 0.3) is 0 Å². The fourth-order valence-electron chi connectivity index (χ4n) is 4.37. The van der Waals surface area contributed by atoms with Crippen LogP contribution in [0, 0.1) is 5.41 Å². The maximum atomic E-state index is 6.03. The number of rotatable bonds is 5. The van der Waals surface area contributed by atoms with Gasteiger partial charge in [0.05, 0.1) is 19.7 Å². The van der Waals surface area contributed by atoms with E-state index in [1.807, 2.05) is 7.05 Å². The molecular weight excluding hydrogens is 266 g/mol. The molecule has 2 fully saturated rings. The zero-order valence-corrected chi connectivity index (χ0v) is 13.5. The molecule has 2 atom stereocenters. The normalized spacial score (nSPS) is 28.0. The zero-order chi connectivity index (χ0) is 14.9. The van der Waals surface area contributed by atoms with Crippen LogP contribution in [0.3, 0.4) is 0 Å². The third kappa shape index (κ3) is 2.71. The summed E-state index contributed by atoms with van der Waals surface area (Å²) in [6, 6.07) is 0.596. The summed E-state index contributed by atoms with van der Waals surface area (Å²) in [5.41, 5.74) is 0.366. The van der Waals surface area contributed by atoms with Gasteiger partial charge in [0.1, 0.15) is 0 Å². The van der Waals surface area contributed by atoms with Crippen LogP contribution in [0.5, 0.6) is 0 Å². The lowest BCUT2D eigenvalue weighted by Crippen LogP contribution is -2.64. The summed E-state index contributed by atoms with van der Waals surface area (Å²) in [6.45, 7) is 3.71. The van der Waals surface area contributed by atoms with Crippen molar-refractivity contribution in [2.24, 2.45) is 12.5 Å². The Morgan fingerprint density at radius 1 is 1.33 bits per heavy atom. The molecule has 2 aliphatic rings. The summed E-state index contributed by atoms with van der Waals surface area (Å²) in [6.07, 6.45) is 8.27. The number of tetrazole rings is 1. The molecule has 3 rings (SSSR count). The van der Waals surface area contributed by atoms with Gasteiger partial charge in [0.2, 0.25) is 0 Å². The molecule has 1 aromatic heterocycles. The van der Waals surface area contributed by atoms with Gasteiger partial charge in [-0.1, -0.05) is 19.3 Å². The van der Waals surface area contributed by atoms with Crippen molar-refractivity contribution in [3.05, 3.63) is 5.82 Å². The number of aromatic nitrogens is 4. The van der Waals surface area contributed by atoms with E-state index in [1.54, 1.807) is 0 Å². The molecule has 0 N–H and O–H groups in total. The Kier molecular flexibility index (Phi) is 4.26.